The molecular weight excluding hydrogens is 234 g/mol. The van der Waals surface area contributed by atoms with Gasteiger partial charge in [0.1, 0.15) is 0 Å². The number of morpholine rings is 1. The number of nitro groups is 1. The zero-order valence-corrected chi connectivity index (χ0v) is 10.3. The van der Waals surface area contributed by atoms with Gasteiger partial charge in [-0.15, -0.1) is 0 Å². The summed E-state index contributed by atoms with van der Waals surface area (Å²) in [6.45, 7) is 4.19. The van der Waals surface area contributed by atoms with Crippen LogP contribution in [-0.2, 0) is 4.74 Å². The highest BCUT2D eigenvalue weighted by molar-refractivity contribution is 5.71. The molecule has 0 saturated carbocycles. The fourth-order valence-corrected chi connectivity index (χ4v) is 2.23. The van der Waals surface area contributed by atoms with Gasteiger partial charge in [-0.3, -0.25) is 10.1 Å². The van der Waals surface area contributed by atoms with Crippen LogP contribution in [0.3, 0.4) is 0 Å². The minimum atomic E-state index is -0.434. The van der Waals surface area contributed by atoms with Gasteiger partial charge in [-0.2, -0.15) is 0 Å². The molecule has 1 aromatic rings. The van der Waals surface area contributed by atoms with Crippen LogP contribution < -0.4 is 10.6 Å². The molecule has 0 aliphatic carbocycles. The van der Waals surface area contributed by atoms with Gasteiger partial charge in [0.05, 0.1) is 35.6 Å². The van der Waals surface area contributed by atoms with Gasteiger partial charge in [0.25, 0.3) is 5.69 Å². The fraction of sp³-hybridized carbons (Fsp3) is 0.500. The Bertz CT molecular complexity index is 450. The Hall–Kier alpha value is -1.82. The second-order valence-corrected chi connectivity index (χ2v) is 4.33. The molecule has 98 valence electrons. The SMILES string of the molecule is CCC1COCCN1c1ccc([N+](=O)[O-])cc1N. The highest BCUT2D eigenvalue weighted by Crippen LogP contribution is 2.30. The molecule has 1 fully saturated rings. The number of nitrogen functional groups attached to an aromatic ring is 1. The summed E-state index contributed by atoms with van der Waals surface area (Å²) in [6, 6.07) is 4.91. The van der Waals surface area contributed by atoms with Crippen molar-refractivity contribution in [1.29, 1.82) is 0 Å². The molecule has 1 atom stereocenters. The van der Waals surface area contributed by atoms with E-state index in [0.29, 0.717) is 18.9 Å². The molecule has 1 unspecified atom stereocenters. The summed E-state index contributed by atoms with van der Waals surface area (Å²) in [6.07, 6.45) is 0.955. The van der Waals surface area contributed by atoms with Crippen LogP contribution in [0.4, 0.5) is 17.1 Å². The first kappa shape index (κ1) is 12.6. The molecule has 6 heteroatoms. The van der Waals surface area contributed by atoms with Crippen LogP contribution in [0.5, 0.6) is 0 Å². The molecule has 1 aliphatic rings. The van der Waals surface area contributed by atoms with Gasteiger partial charge in [0.15, 0.2) is 0 Å². The molecule has 0 aromatic heterocycles. The maximum atomic E-state index is 10.7. The van der Waals surface area contributed by atoms with Crippen LogP contribution in [0.25, 0.3) is 0 Å². The van der Waals surface area contributed by atoms with Crippen molar-refractivity contribution in [2.75, 3.05) is 30.4 Å². The first-order chi connectivity index (χ1) is 8.63. The van der Waals surface area contributed by atoms with Gasteiger partial charge < -0.3 is 15.4 Å². The first-order valence-corrected chi connectivity index (χ1v) is 6.01. The van der Waals surface area contributed by atoms with Crippen LogP contribution in [0, 0.1) is 10.1 Å². The van der Waals surface area contributed by atoms with Gasteiger partial charge in [0.2, 0.25) is 0 Å². The van der Waals surface area contributed by atoms with E-state index in [1.807, 2.05) is 0 Å². The smallest absolute Gasteiger partial charge is 0.271 e. The number of ether oxygens (including phenoxy) is 1. The summed E-state index contributed by atoms with van der Waals surface area (Å²) in [5.41, 5.74) is 7.25. The number of benzene rings is 1. The average Bonchev–Trinajstić information content (AvgIpc) is 2.38. The zero-order chi connectivity index (χ0) is 13.1. The van der Waals surface area contributed by atoms with E-state index in [9.17, 15) is 10.1 Å². The molecular formula is C12H17N3O3. The zero-order valence-electron chi connectivity index (χ0n) is 10.3. The van der Waals surface area contributed by atoms with Gasteiger partial charge in [-0.1, -0.05) is 6.92 Å². The van der Waals surface area contributed by atoms with E-state index in [2.05, 4.69) is 11.8 Å². The average molecular weight is 251 g/mol. The van der Waals surface area contributed by atoms with Crippen molar-refractivity contribution in [2.45, 2.75) is 19.4 Å². The molecule has 18 heavy (non-hydrogen) atoms. The number of hydrogen-bond donors (Lipinski definition) is 1. The summed E-state index contributed by atoms with van der Waals surface area (Å²) in [5.74, 6) is 0. The minimum Gasteiger partial charge on any atom is -0.397 e. The Labute approximate surface area is 105 Å². The van der Waals surface area contributed by atoms with Crippen molar-refractivity contribution in [3.63, 3.8) is 0 Å². The number of nitrogens with two attached hydrogens (primary N) is 1. The predicted molar refractivity (Wildman–Crippen MR) is 69.8 cm³/mol. The number of nitrogens with zero attached hydrogens (tertiary/aromatic N) is 2. The molecule has 1 saturated heterocycles. The topological polar surface area (TPSA) is 81.6 Å². The molecule has 1 heterocycles. The lowest BCUT2D eigenvalue weighted by Gasteiger charge is -2.37. The van der Waals surface area contributed by atoms with Gasteiger partial charge in [0, 0.05) is 18.7 Å². The third-order valence-corrected chi connectivity index (χ3v) is 3.23. The Morgan fingerprint density at radius 2 is 2.39 bits per heavy atom. The Morgan fingerprint density at radius 1 is 1.61 bits per heavy atom. The third-order valence-electron chi connectivity index (χ3n) is 3.23. The van der Waals surface area contributed by atoms with E-state index in [0.717, 1.165) is 18.7 Å². The van der Waals surface area contributed by atoms with Crippen LogP contribution in [0.1, 0.15) is 13.3 Å². The maximum absolute atomic E-state index is 10.7. The van der Waals surface area contributed by atoms with Crippen molar-refractivity contribution in [3.05, 3.63) is 28.3 Å². The van der Waals surface area contributed by atoms with E-state index in [1.54, 1.807) is 6.07 Å². The molecule has 0 amide bonds. The van der Waals surface area contributed by atoms with E-state index < -0.39 is 4.92 Å². The summed E-state index contributed by atoms with van der Waals surface area (Å²) < 4.78 is 5.44. The molecule has 2 N–H and O–H groups in total. The largest absolute Gasteiger partial charge is 0.397 e. The molecule has 0 bridgehead atoms. The molecule has 1 aliphatic heterocycles. The van der Waals surface area contributed by atoms with Crippen molar-refractivity contribution in [2.24, 2.45) is 0 Å². The quantitative estimate of drug-likeness (QED) is 0.503. The van der Waals surface area contributed by atoms with E-state index >= 15 is 0 Å². The Morgan fingerprint density at radius 3 is 3.00 bits per heavy atom. The van der Waals surface area contributed by atoms with E-state index in [4.69, 9.17) is 10.5 Å². The van der Waals surface area contributed by atoms with Crippen molar-refractivity contribution < 1.29 is 9.66 Å². The monoisotopic (exact) mass is 251 g/mol. The molecule has 1 aromatic carbocycles. The maximum Gasteiger partial charge on any atom is 0.271 e. The van der Waals surface area contributed by atoms with E-state index in [-0.39, 0.29) is 11.7 Å². The number of nitro benzene ring substituents is 1. The van der Waals surface area contributed by atoms with Crippen LogP contribution in [0.2, 0.25) is 0 Å². The lowest BCUT2D eigenvalue weighted by atomic mass is 10.1. The summed E-state index contributed by atoms with van der Waals surface area (Å²) in [4.78, 5) is 12.4. The highest BCUT2D eigenvalue weighted by atomic mass is 16.6. The number of hydrogen-bond acceptors (Lipinski definition) is 5. The standard InChI is InChI=1S/C12H17N3O3/c1-2-9-8-18-6-5-14(9)12-4-3-10(15(16)17)7-11(12)13/h3-4,7,9H,2,5-6,8,13H2,1H3. The number of rotatable bonds is 3. The molecule has 6 nitrogen and oxygen atoms in total. The van der Waals surface area contributed by atoms with Gasteiger partial charge >= 0.3 is 0 Å². The molecule has 0 radical (unpaired) electrons. The second kappa shape index (κ2) is 5.22. The van der Waals surface area contributed by atoms with Crippen molar-refractivity contribution in [3.8, 4) is 0 Å². The Balaban J connectivity index is 2.29. The normalized spacial score (nSPS) is 19.8. The number of non-ortho nitro benzene ring substituents is 1. The lowest BCUT2D eigenvalue weighted by Crippen LogP contribution is -2.45. The van der Waals surface area contributed by atoms with Gasteiger partial charge in [-0.05, 0) is 12.5 Å². The third kappa shape index (κ3) is 2.38. The van der Waals surface area contributed by atoms with E-state index in [1.165, 1.54) is 12.1 Å². The highest BCUT2D eigenvalue weighted by Gasteiger charge is 2.24. The van der Waals surface area contributed by atoms with Crippen molar-refractivity contribution >= 4 is 17.1 Å². The van der Waals surface area contributed by atoms with Crippen LogP contribution in [-0.4, -0.2) is 30.7 Å². The second-order valence-electron chi connectivity index (χ2n) is 4.33. The van der Waals surface area contributed by atoms with Crippen LogP contribution >= 0.6 is 0 Å². The lowest BCUT2D eigenvalue weighted by molar-refractivity contribution is -0.384. The minimum absolute atomic E-state index is 0.0255. The van der Waals surface area contributed by atoms with Gasteiger partial charge in [-0.25, -0.2) is 0 Å². The molecule has 2 rings (SSSR count). The van der Waals surface area contributed by atoms with Crippen molar-refractivity contribution in [1.82, 2.24) is 0 Å². The summed E-state index contributed by atoms with van der Waals surface area (Å²) in [5, 5.41) is 10.7. The fourth-order valence-electron chi connectivity index (χ4n) is 2.23. The summed E-state index contributed by atoms with van der Waals surface area (Å²) in [7, 11) is 0. The number of anilines is 2. The predicted octanol–water partition coefficient (Wildman–Crippen LogP) is 1.79. The Kier molecular flexibility index (Phi) is 3.66. The van der Waals surface area contributed by atoms with Crippen LogP contribution in [0.15, 0.2) is 18.2 Å². The first-order valence-electron chi connectivity index (χ1n) is 6.01. The molecule has 0 spiro atoms. The summed E-state index contributed by atoms with van der Waals surface area (Å²) >= 11 is 0.